The molecule has 1 atom stereocenters. The molecule has 0 fully saturated rings. The van der Waals surface area contributed by atoms with Crippen LogP contribution < -0.4 is 10.6 Å². The van der Waals surface area contributed by atoms with Gasteiger partial charge < -0.3 is 10.6 Å². The van der Waals surface area contributed by atoms with E-state index in [0.717, 1.165) is 10.4 Å². The zero-order chi connectivity index (χ0) is 17.0. The molecule has 0 saturated heterocycles. The molecule has 0 radical (unpaired) electrons. The van der Waals surface area contributed by atoms with Crippen LogP contribution in [0.25, 0.3) is 0 Å². The highest BCUT2D eigenvalue weighted by molar-refractivity contribution is 7.15. The lowest BCUT2D eigenvalue weighted by molar-refractivity contribution is -0.118. The fourth-order valence-corrected chi connectivity index (χ4v) is 2.84. The van der Waals surface area contributed by atoms with E-state index in [1.807, 2.05) is 45.9 Å². The van der Waals surface area contributed by atoms with E-state index in [1.54, 1.807) is 12.3 Å². The summed E-state index contributed by atoms with van der Waals surface area (Å²) in [6.07, 6.45) is 1.70. The molecule has 122 valence electrons. The largest absolute Gasteiger partial charge is 0.340 e. The summed E-state index contributed by atoms with van der Waals surface area (Å²) in [6, 6.07) is 6.70. The Morgan fingerprint density at radius 1 is 1.17 bits per heavy atom. The minimum atomic E-state index is -0.619. The zero-order valence-corrected chi connectivity index (χ0v) is 14.5. The van der Waals surface area contributed by atoms with Gasteiger partial charge in [-0.3, -0.25) is 9.59 Å². The van der Waals surface area contributed by atoms with Gasteiger partial charge >= 0.3 is 0 Å². The number of hydrogen-bond acceptors (Lipinski definition) is 4. The van der Waals surface area contributed by atoms with E-state index in [9.17, 15) is 9.59 Å². The summed E-state index contributed by atoms with van der Waals surface area (Å²) in [4.78, 5) is 30.0. The Bertz CT molecular complexity index is 709. The van der Waals surface area contributed by atoms with E-state index in [-0.39, 0.29) is 17.7 Å². The van der Waals surface area contributed by atoms with Gasteiger partial charge in [-0.05, 0) is 31.4 Å². The molecule has 1 aromatic heterocycles. The van der Waals surface area contributed by atoms with Crippen molar-refractivity contribution in [1.82, 2.24) is 10.3 Å². The molecule has 2 amide bonds. The minimum Gasteiger partial charge on any atom is -0.340 e. The molecule has 0 aliphatic rings. The lowest BCUT2D eigenvalue weighted by Crippen LogP contribution is -2.47. The van der Waals surface area contributed by atoms with Gasteiger partial charge in [-0.15, -0.1) is 11.3 Å². The summed E-state index contributed by atoms with van der Waals surface area (Å²) in [5.74, 6) is -0.535. The second-order valence-corrected chi connectivity index (χ2v) is 7.01. The fourth-order valence-electron chi connectivity index (χ4n) is 2.18. The lowest BCUT2D eigenvalue weighted by Gasteiger charge is -2.21. The number of aryl methyl sites for hydroxylation is 2. The van der Waals surface area contributed by atoms with E-state index in [2.05, 4.69) is 15.6 Å². The van der Waals surface area contributed by atoms with Crippen LogP contribution in [-0.2, 0) is 4.79 Å². The number of nitrogens with zero attached hydrogens (tertiary/aromatic N) is 1. The average molecular weight is 331 g/mol. The molecule has 1 heterocycles. The maximum Gasteiger partial charge on any atom is 0.252 e. The van der Waals surface area contributed by atoms with Crippen molar-refractivity contribution in [2.45, 2.75) is 33.7 Å². The fraction of sp³-hybridized carbons (Fsp3) is 0.353. The van der Waals surface area contributed by atoms with Crippen LogP contribution in [0.1, 0.15) is 34.6 Å². The smallest absolute Gasteiger partial charge is 0.252 e. The first kappa shape index (κ1) is 17.1. The van der Waals surface area contributed by atoms with Crippen LogP contribution in [0, 0.1) is 19.8 Å². The van der Waals surface area contributed by atoms with Gasteiger partial charge in [-0.2, -0.15) is 0 Å². The summed E-state index contributed by atoms with van der Waals surface area (Å²) >= 11 is 1.41. The average Bonchev–Trinajstić information content (AvgIpc) is 2.89. The first-order valence-electron chi connectivity index (χ1n) is 7.48. The molecule has 2 aromatic rings. The van der Waals surface area contributed by atoms with E-state index >= 15 is 0 Å². The maximum atomic E-state index is 12.5. The Hall–Kier alpha value is -2.21. The number of amides is 2. The van der Waals surface area contributed by atoms with Crippen molar-refractivity contribution in [2.24, 2.45) is 5.92 Å². The molecule has 5 nitrogen and oxygen atoms in total. The van der Waals surface area contributed by atoms with Crippen LogP contribution in [0.5, 0.6) is 0 Å². The maximum absolute atomic E-state index is 12.5. The number of hydrogen-bond donors (Lipinski definition) is 2. The Labute approximate surface area is 140 Å². The SMILES string of the molecule is Cc1cnc(NC(=O)C(NC(=O)c2ccccc2C)C(C)C)s1. The molecule has 1 aromatic carbocycles. The highest BCUT2D eigenvalue weighted by Gasteiger charge is 2.25. The van der Waals surface area contributed by atoms with Crippen LogP contribution in [0.15, 0.2) is 30.5 Å². The first-order chi connectivity index (χ1) is 10.9. The third kappa shape index (κ3) is 4.39. The van der Waals surface area contributed by atoms with Crippen LogP contribution >= 0.6 is 11.3 Å². The Morgan fingerprint density at radius 2 is 1.87 bits per heavy atom. The number of carbonyl (C=O) groups is 2. The number of rotatable bonds is 5. The Morgan fingerprint density at radius 3 is 2.43 bits per heavy atom. The highest BCUT2D eigenvalue weighted by Crippen LogP contribution is 2.18. The summed E-state index contributed by atoms with van der Waals surface area (Å²) < 4.78 is 0. The van der Waals surface area contributed by atoms with E-state index in [0.29, 0.717) is 10.7 Å². The predicted octanol–water partition coefficient (Wildman–Crippen LogP) is 3.15. The standard InChI is InChI=1S/C17H21N3O2S/c1-10(2)14(16(22)20-17-18-9-12(4)23-17)19-15(21)13-8-6-5-7-11(13)3/h5-10,14H,1-4H3,(H,19,21)(H,18,20,22). The minimum absolute atomic E-state index is 0.0379. The molecule has 2 N–H and O–H groups in total. The molecular weight excluding hydrogens is 310 g/mol. The molecule has 6 heteroatoms. The number of nitrogens with one attached hydrogen (secondary N) is 2. The molecule has 1 unspecified atom stereocenters. The van der Waals surface area contributed by atoms with Crippen molar-refractivity contribution >= 4 is 28.3 Å². The van der Waals surface area contributed by atoms with Crippen molar-refractivity contribution < 1.29 is 9.59 Å². The monoisotopic (exact) mass is 331 g/mol. The van der Waals surface area contributed by atoms with E-state index in [4.69, 9.17) is 0 Å². The number of benzene rings is 1. The van der Waals surface area contributed by atoms with Gasteiger partial charge in [0, 0.05) is 16.6 Å². The van der Waals surface area contributed by atoms with Crippen molar-refractivity contribution in [3.8, 4) is 0 Å². The molecule has 2 rings (SSSR count). The second kappa shape index (κ2) is 7.37. The van der Waals surface area contributed by atoms with Crippen LogP contribution in [0.3, 0.4) is 0 Å². The van der Waals surface area contributed by atoms with Gasteiger partial charge in [0.05, 0.1) is 0 Å². The van der Waals surface area contributed by atoms with Gasteiger partial charge in [-0.25, -0.2) is 4.98 Å². The Balaban J connectivity index is 2.10. The number of aromatic nitrogens is 1. The van der Waals surface area contributed by atoms with Crippen LogP contribution in [0.4, 0.5) is 5.13 Å². The number of anilines is 1. The third-order valence-electron chi connectivity index (χ3n) is 3.48. The van der Waals surface area contributed by atoms with Crippen molar-refractivity contribution in [3.05, 3.63) is 46.5 Å². The van der Waals surface area contributed by atoms with Gasteiger partial charge in [-0.1, -0.05) is 32.0 Å². The van der Waals surface area contributed by atoms with Gasteiger partial charge in [0.15, 0.2) is 5.13 Å². The highest BCUT2D eigenvalue weighted by atomic mass is 32.1. The van der Waals surface area contributed by atoms with Crippen LogP contribution in [0.2, 0.25) is 0 Å². The first-order valence-corrected chi connectivity index (χ1v) is 8.30. The lowest BCUT2D eigenvalue weighted by atomic mass is 10.0. The predicted molar refractivity (Wildman–Crippen MR) is 92.8 cm³/mol. The molecule has 0 saturated carbocycles. The summed E-state index contributed by atoms with van der Waals surface area (Å²) in [5.41, 5.74) is 1.46. The van der Waals surface area contributed by atoms with Crippen molar-refractivity contribution in [3.63, 3.8) is 0 Å². The van der Waals surface area contributed by atoms with E-state index in [1.165, 1.54) is 11.3 Å². The summed E-state index contributed by atoms with van der Waals surface area (Å²) in [7, 11) is 0. The van der Waals surface area contributed by atoms with Gasteiger partial charge in [0.2, 0.25) is 5.91 Å². The topological polar surface area (TPSA) is 71.1 Å². The normalized spacial score (nSPS) is 12.0. The summed E-state index contributed by atoms with van der Waals surface area (Å²) in [6.45, 7) is 7.59. The molecular formula is C17H21N3O2S. The quantitative estimate of drug-likeness (QED) is 0.884. The molecule has 0 spiro atoms. The molecule has 23 heavy (non-hydrogen) atoms. The van der Waals surface area contributed by atoms with Crippen molar-refractivity contribution in [1.29, 1.82) is 0 Å². The van der Waals surface area contributed by atoms with E-state index < -0.39 is 6.04 Å². The molecule has 0 bridgehead atoms. The third-order valence-corrected chi connectivity index (χ3v) is 4.31. The molecule has 0 aliphatic heterocycles. The van der Waals surface area contributed by atoms with Crippen LogP contribution in [-0.4, -0.2) is 22.8 Å². The van der Waals surface area contributed by atoms with Crippen molar-refractivity contribution in [2.75, 3.05) is 5.32 Å². The summed E-state index contributed by atoms with van der Waals surface area (Å²) in [5, 5.41) is 6.14. The van der Waals surface area contributed by atoms with Gasteiger partial charge in [0.1, 0.15) is 6.04 Å². The second-order valence-electron chi connectivity index (χ2n) is 5.78. The van der Waals surface area contributed by atoms with Gasteiger partial charge in [0.25, 0.3) is 5.91 Å². The number of thiazole rings is 1. The molecule has 0 aliphatic carbocycles. The Kier molecular flexibility index (Phi) is 5.50. The zero-order valence-electron chi connectivity index (χ0n) is 13.7. The number of carbonyl (C=O) groups excluding carboxylic acids is 2.